The Morgan fingerprint density at radius 3 is 2.50 bits per heavy atom. The van der Waals surface area contributed by atoms with Crippen LogP contribution in [0, 0.1) is 10.1 Å². The van der Waals surface area contributed by atoms with Gasteiger partial charge in [0.2, 0.25) is 0 Å². The summed E-state index contributed by atoms with van der Waals surface area (Å²) in [7, 11) is 0. The van der Waals surface area contributed by atoms with E-state index in [9.17, 15) is 20.3 Å². The van der Waals surface area contributed by atoms with Gasteiger partial charge in [-0.3, -0.25) is 15.2 Å². The molecule has 2 aromatic carbocycles. The average molecular weight is 298 g/mol. The SMILES string of the molecule is O=[N+]([O-])c1ccc(O)c(-c2nc(-c3ccc(O)cc3)n[nH]2)c1. The third-order valence-electron chi connectivity index (χ3n) is 3.06. The minimum atomic E-state index is -0.555. The van der Waals surface area contributed by atoms with Crippen LogP contribution in [0.3, 0.4) is 0 Å². The van der Waals surface area contributed by atoms with E-state index in [1.165, 1.54) is 30.3 Å². The second-order valence-electron chi connectivity index (χ2n) is 4.51. The smallest absolute Gasteiger partial charge is 0.270 e. The number of nitrogens with zero attached hydrogens (tertiary/aromatic N) is 3. The average Bonchev–Trinajstić information content (AvgIpc) is 2.98. The molecule has 0 spiro atoms. The van der Waals surface area contributed by atoms with Gasteiger partial charge < -0.3 is 10.2 Å². The van der Waals surface area contributed by atoms with Crippen molar-refractivity contribution >= 4 is 5.69 Å². The Kier molecular flexibility index (Phi) is 3.18. The molecule has 0 fully saturated rings. The number of nitro groups is 1. The van der Waals surface area contributed by atoms with Crippen molar-refractivity contribution in [1.82, 2.24) is 15.2 Å². The van der Waals surface area contributed by atoms with Crippen LogP contribution in [-0.2, 0) is 0 Å². The van der Waals surface area contributed by atoms with Crippen LogP contribution < -0.4 is 0 Å². The molecule has 22 heavy (non-hydrogen) atoms. The van der Waals surface area contributed by atoms with Crippen molar-refractivity contribution in [2.24, 2.45) is 0 Å². The minimum Gasteiger partial charge on any atom is -0.508 e. The number of nitro benzene ring substituents is 1. The molecule has 0 aliphatic heterocycles. The van der Waals surface area contributed by atoms with E-state index in [-0.39, 0.29) is 28.6 Å². The molecule has 8 heteroatoms. The molecule has 0 radical (unpaired) electrons. The van der Waals surface area contributed by atoms with Crippen molar-refractivity contribution < 1.29 is 15.1 Å². The van der Waals surface area contributed by atoms with Gasteiger partial charge in [-0.05, 0) is 30.3 Å². The molecule has 0 saturated carbocycles. The van der Waals surface area contributed by atoms with Gasteiger partial charge in [0.25, 0.3) is 5.69 Å². The van der Waals surface area contributed by atoms with Gasteiger partial charge in [0.05, 0.1) is 10.5 Å². The van der Waals surface area contributed by atoms with Gasteiger partial charge in [0.15, 0.2) is 11.6 Å². The highest BCUT2D eigenvalue weighted by Gasteiger charge is 2.15. The van der Waals surface area contributed by atoms with Crippen molar-refractivity contribution in [3.8, 4) is 34.3 Å². The molecule has 0 saturated heterocycles. The zero-order chi connectivity index (χ0) is 15.7. The molecule has 0 unspecified atom stereocenters. The maximum atomic E-state index is 10.8. The number of benzene rings is 2. The highest BCUT2D eigenvalue weighted by molar-refractivity contribution is 5.69. The normalized spacial score (nSPS) is 10.5. The Morgan fingerprint density at radius 1 is 1.09 bits per heavy atom. The molecule has 0 atom stereocenters. The van der Waals surface area contributed by atoms with Gasteiger partial charge in [-0.15, -0.1) is 0 Å². The van der Waals surface area contributed by atoms with Gasteiger partial charge in [0, 0.05) is 17.7 Å². The van der Waals surface area contributed by atoms with E-state index in [4.69, 9.17) is 0 Å². The molecule has 0 bridgehead atoms. The lowest BCUT2D eigenvalue weighted by Gasteiger charge is -2.00. The zero-order valence-corrected chi connectivity index (χ0v) is 11.1. The molecular weight excluding hydrogens is 288 g/mol. The maximum Gasteiger partial charge on any atom is 0.270 e. The topological polar surface area (TPSA) is 125 Å². The third kappa shape index (κ3) is 2.44. The lowest BCUT2D eigenvalue weighted by molar-refractivity contribution is -0.384. The number of aromatic hydroxyl groups is 2. The molecule has 8 nitrogen and oxygen atoms in total. The lowest BCUT2D eigenvalue weighted by atomic mass is 10.1. The van der Waals surface area contributed by atoms with Gasteiger partial charge in [-0.2, -0.15) is 5.10 Å². The second-order valence-corrected chi connectivity index (χ2v) is 4.51. The fourth-order valence-electron chi connectivity index (χ4n) is 1.95. The Bertz CT molecular complexity index is 842. The third-order valence-corrected chi connectivity index (χ3v) is 3.06. The number of hydrogen-bond donors (Lipinski definition) is 3. The van der Waals surface area contributed by atoms with E-state index in [0.717, 1.165) is 0 Å². The summed E-state index contributed by atoms with van der Waals surface area (Å²) in [5, 5.41) is 36.6. The number of non-ortho nitro benzene ring substituents is 1. The van der Waals surface area contributed by atoms with Crippen LogP contribution in [0.25, 0.3) is 22.8 Å². The number of phenolic OH excluding ortho intramolecular Hbond substituents is 2. The first kappa shape index (κ1) is 13.6. The first-order valence-electron chi connectivity index (χ1n) is 6.24. The highest BCUT2D eigenvalue weighted by atomic mass is 16.6. The monoisotopic (exact) mass is 298 g/mol. The quantitative estimate of drug-likeness (QED) is 0.503. The van der Waals surface area contributed by atoms with Crippen LogP contribution in [0.5, 0.6) is 11.5 Å². The molecule has 3 N–H and O–H groups in total. The van der Waals surface area contributed by atoms with Gasteiger partial charge >= 0.3 is 0 Å². The number of phenols is 2. The fraction of sp³-hybridized carbons (Fsp3) is 0. The van der Waals surface area contributed by atoms with Crippen molar-refractivity contribution in [1.29, 1.82) is 0 Å². The largest absolute Gasteiger partial charge is 0.508 e. The molecular formula is C14H10N4O4. The summed E-state index contributed by atoms with van der Waals surface area (Å²) in [6, 6.07) is 9.92. The minimum absolute atomic E-state index is 0.121. The first-order valence-corrected chi connectivity index (χ1v) is 6.24. The Balaban J connectivity index is 2.02. The van der Waals surface area contributed by atoms with E-state index in [0.29, 0.717) is 11.4 Å². The van der Waals surface area contributed by atoms with E-state index in [1.54, 1.807) is 12.1 Å². The molecule has 0 aliphatic carbocycles. The lowest BCUT2D eigenvalue weighted by Crippen LogP contribution is -1.89. The van der Waals surface area contributed by atoms with Crippen LogP contribution in [0.4, 0.5) is 5.69 Å². The van der Waals surface area contributed by atoms with E-state index in [1.807, 2.05) is 0 Å². The number of aromatic amines is 1. The van der Waals surface area contributed by atoms with Crippen LogP contribution >= 0.6 is 0 Å². The van der Waals surface area contributed by atoms with Crippen LogP contribution in [0.1, 0.15) is 0 Å². The summed E-state index contributed by atoms with van der Waals surface area (Å²) < 4.78 is 0. The summed E-state index contributed by atoms with van der Waals surface area (Å²) in [4.78, 5) is 14.5. The second kappa shape index (κ2) is 5.17. The number of hydrogen-bond acceptors (Lipinski definition) is 6. The molecule has 1 heterocycles. The van der Waals surface area contributed by atoms with Gasteiger partial charge in [-0.25, -0.2) is 4.98 Å². The number of H-pyrrole nitrogens is 1. The molecule has 3 rings (SSSR count). The van der Waals surface area contributed by atoms with Crippen LogP contribution in [0.2, 0.25) is 0 Å². The maximum absolute atomic E-state index is 10.8. The zero-order valence-electron chi connectivity index (χ0n) is 11.1. The Labute approximate surface area is 123 Å². The number of nitrogens with one attached hydrogen (secondary N) is 1. The van der Waals surface area contributed by atoms with Crippen molar-refractivity contribution in [2.75, 3.05) is 0 Å². The summed E-state index contributed by atoms with van der Waals surface area (Å²) in [6.45, 7) is 0. The van der Waals surface area contributed by atoms with Gasteiger partial charge in [0.1, 0.15) is 11.5 Å². The summed E-state index contributed by atoms with van der Waals surface area (Å²) >= 11 is 0. The Hall–Kier alpha value is -3.42. The number of aromatic nitrogens is 3. The van der Waals surface area contributed by atoms with E-state index >= 15 is 0 Å². The molecule has 110 valence electrons. The van der Waals surface area contributed by atoms with Crippen molar-refractivity contribution in [2.45, 2.75) is 0 Å². The van der Waals surface area contributed by atoms with Crippen LogP contribution in [-0.4, -0.2) is 30.3 Å². The Morgan fingerprint density at radius 2 is 1.82 bits per heavy atom. The predicted octanol–water partition coefficient (Wildman–Crippen LogP) is 2.46. The summed E-state index contributed by atoms with van der Waals surface area (Å²) in [6.07, 6.45) is 0. The summed E-state index contributed by atoms with van der Waals surface area (Å²) in [5.74, 6) is 0.542. The number of rotatable bonds is 3. The van der Waals surface area contributed by atoms with E-state index in [2.05, 4.69) is 15.2 Å². The first-order chi connectivity index (χ1) is 10.5. The predicted molar refractivity (Wildman–Crippen MR) is 77.2 cm³/mol. The van der Waals surface area contributed by atoms with E-state index < -0.39 is 4.92 Å². The molecule has 3 aromatic rings. The van der Waals surface area contributed by atoms with Crippen molar-refractivity contribution in [3.05, 3.63) is 52.6 Å². The van der Waals surface area contributed by atoms with Crippen LogP contribution in [0.15, 0.2) is 42.5 Å². The molecule has 1 aromatic heterocycles. The molecule has 0 amide bonds. The highest BCUT2D eigenvalue weighted by Crippen LogP contribution is 2.31. The standard InChI is InChI=1S/C14H10N4O4/c19-10-4-1-8(2-5-10)13-15-14(17-16-13)11-7-9(18(21)22)3-6-12(11)20/h1-7,19-20H,(H,15,16,17). The molecule has 0 aliphatic rings. The fourth-order valence-corrected chi connectivity index (χ4v) is 1.95. The van der Waals surface area contributed by atoms with Crippen molar-refractivity contribution in [3.63, 3.8) is 0 Å². The van der Waals surface area contributed by atoms with Gasteiger partial charge in [-0.1, -0.05) is 0 Å². The summed E-state index contributed by atoms with van der Waals surface area (Å²) in [5.41, 5.74) is 0.687.